The zero-order chi connectivity index (χ0) is 16.1. The van der Waals surface area contributed by atoms with Crippen LogP contribution >= 0.6 is 0 Å². The predicted molar refractivity (Wildman–Crippen MR) is 92.2 cm³/mol. The van der Waals surface area contributed by atoms with Crippen LogP contribution in [0.3, 0.4) is 0 Å². The molecule has 0 heterocycles. The first kappa shape index (κ1) is 26.7. The summed E-state index contributed by atoms with van der Waals surface area (Å²) >= 11 is 2.39. The third-order valence-electron chi connectivity index (χ3n) is 4.88. The topological polar surface area (TPSA) is 0 Å². The maximum absolute atomic E-state index is 2.54. The van der Waals surface area contributed by atoms with E-state index >= 15 is 0 Å². The standard InChI is InChI=1S/C19H27Si.3ClH.Ti/c1-14-8-9-15(2)18(12-14)19(3,4)16-10-11-17(13-16)20(5,6)7;;;;/h8-13H,1-7H3;3*1H;/q;;;;+3/p-3. The van der Waals surface area contributed by atoms with Crippen molar-refractivity contribution in [2.45, 2.75) is 56.5 Å². The van der Waals surface area contributed by atoms with Crippen molar-refractivity contribution in [3.8, 4) is 0 Å². The second-order valence-electron chi connectivity index (χ2n) is 8.00. The normalized spacial score (nSPS) is 19.8. The van der Waals surface area contributed by atoms with E-state index in [2.05, 4.69) is 104 Å². The Morgan fingerprint density at radius 3 is 2.00 bits per heavy atom. The van der Waals surface area contributed by atoms with Gasteiger partial charge in [0.25, 0.3) is 0 Å². The van der Waals surface area contributed by atoms with Crippen LogP contribution in [0.4, 0.5) is 0 Å². The van der Waals surface area contributed by atoms with Gasteiger partial charge in [0.1, 0.15) is 0 Å². The van der Waals surface area contributed by atoms with Gasteiger partial charge in [-0.2, -0.15) is 0 Å². The van der Waals surface area contributed by atoms with Crippen LogP contribution in [-0.4, -0.2) is 8.07 Å². The van der Waals surface area contributed by atoms with Crippen LogP contribution in [0.2, 0.25) is 23.4 Å². The molecule has 1 aromatic carbocycles. The average Bonchev–Trinajstić information content (AvgIpc) is 2.76. The summed E-state index contributed by atoms with van der Waals surface area (Å²) in [6, 6.07) is 6.84. The van der Waals surface area contributed by atoms with Crippen LogP contribution in [0, 0.1) is 13.8 Å². The Morgan fingerprint density at radius 2 is 1.54 bits per heavy atom. The fraction of sp³-hybridized carbons (Fsp3) is 0.474. The van der Waals surface area contributed by atoms with E-state index < -0.39 is 8.07 Å². The number of benzene rings is 1. The van der Waals surface area contributed by atoms with Gasteiger partial charge < -0.3 is 37.2 Å². The Balaban J connectivity index is 0. The molecule has 132 valence electrons. The Morgan fingerprint density at radius 1 is 1.00 bits per heavy atom. The molecular formula is C19H27Cl3SiTi. The smallest absolute Gasteiger partial charge is 1.00 e. The van der Waals surface area contributed by atoms with E-state index in [9.17, 15) is 0 Å². The van der Waals surface area contributed by atoms with Gasteiger partial charge >= 0.3 is 143 Å². The first-order chi connectivity index (χ1) is 9.47. The molecule has 0 spiro atoms. The Kier molecular flexibility index (Phi) is 9.95. The molecule has 0 amide bonds. The van der Waals surface area contributed by atoms with Crippen LogP contribution in [-0.2, 0) is 25.9 Å². The molecule has 0 saturated carbocycles. The summed E-state index contributed by atoms with van der Waals surface area (Å²) in [5, 5.41) is 1.59. The van der Waals surface area contributed by atoms with Gasteiger partial charge in [-0.15, -0.1) is 0 Å². The molecule has 1 atom stereocenters. The Bertz CT molecular complexity index is 630. The van der Waals surface area contributed by atoms with Crippen molar-refractivity contribution in [3.05, 3.63) is 58.3 Å². The molecule has 0 bridgehead atoms. The van der Waals surface area contributed by atoms with Gasteiger partial charge in [0.05, 0.1) is 0 Å². The minimum absolute atomic E-state index is 0. The SMILES string of the molecule is Cc1ccc(C)c(C(C)(C)[C]2([Ti+3])C=CC([Si](C)(C)C)=C2)c1.[Cl-].[Cl-].[Cl-]. The third kappa shape index (κ3) is 5.02. The summed E-state index contributed by atoms with van der Waals surface area (Å²) in [6.07, 6.45) is 7.36. The summed E-state index contributed by atoms with van der Waals surface area (Å²) in [7, 11) is -1.24. The molecule has 0 fully saturated rings. The van der Waals surface area contributed by atoms with E-state index in [1.807, 2.05) is 0 Å². The Labute approximate surface area is 179 Å². The van der Waals surface area contributed by atoms with Gasteiger partial charge in [0.15, 0.2) is 0 Å². The van der Waals surface area contributed by atoms with Crippen molar-refractivity contribution in [3.63, 3.8) is 0 Å². The van der Waals surface area contributed by atoms with Crippen molar-refractivity contribution in [2.24, 2.45) is 0 Å². The molecule has 0 nitrogen and oxygen atoms in total. The van der Waals surface area contributed by atoms with Crippen LogP contribution in [0.5, 0.6) is 0 Å². The van der Waals surface area contributed by atoms with Crippen molar-refractivity contribution in [1.29, 1.82) is 0 Å². The van der Waals surface area contributed by atoms with E-state index in [-0.39, 0.29) is 46.4 Å². The summed E-state index contributed by atoms with van der Waals surface area (Å²) in [5.74, 6) is 0. The van der Waals surface area contributed by atoms with Gasteiger partial charge in [-0.05, 0) is 0 Å². The number of allylic oxidation sites excluding steroid dienone is 4. The first-order valence-electron chi connectivity index (χ1n) is 7.73. The fourth-order valence-electron chi connectivity index (χ4n) is 3.05. The fourth-order valence-corrected chi connectivity index (χ4v) is 5.10. The van der Waals surface area contributed by atoms with Crippen LogP contribution in [0.15, 0.2) is 41.6 Å². The van der Waals surface area contributed by atoms with Crippen LogP contribution < -0.4 is 37.2 Å². The third-order valence-corrected chi connectivity index (χ3v) is 8.38. The molecule has 1 aliphatic carbocycles. The molecule has 1 aromatic rings. The minimum Gasteiger partial charge on any atom is -1.00 e. The van der Waals surface area contributed by atoms with Crippen molar-refractivity contribution >= 4 is 8.07 Å². The minimum atomic E-state index is -1.24. The van der Waals surface area contributed by atoms with Gasteiger partial charge in [0, 0.05) is 0 Å². The molecule has 24 heavy (non-hydrogen) atoms. The maximum Gasteiger partial charge on any atom is -1.00 e. The summed E-state index contributed by atoms with van der Waals surface area (Å²) < 4.78 is 0.0984. The second kappa shape index (κ2) is 8.93. The quantitative estimate of drug-likeness (QED) is 0.434. The number of aryl methyl sites for hydroxylation is 2. The van der Waals surface area contributed by atoms with Gasteiger partial charge in [-0.25, -0.2) is 0 Å². The van der Waals surface area contributed by atoms with Crippen LogP contribution in [0.1, 0.15) is 30.5 Å². The molecular weight excluding hydrogens is 411 g/mol. The molecule has 1 unspecified atom stereocenters. The monoisotopic (exact) mass is 436 g/mol. The predicted octanol–water partition coefficient (Wildman–Crippen LogP) is -3.33. The van der Waals surface area contributed by atoms with Crippen molar-refractivity contribution in [2.75, 3.05) is 0 Å². The van der Waals surface area contributed by atoms with E-state index in [1.165, 1.54) is 16.7 Å². The largest absolute Gasteiger partial charge is 1.00 e. The molecule has 0 radical (unpaired) electrons. The summed E-state index contributed by atoms with van der Waals surface area (Å²) in [6.45, 7) is 16.5. The van der Waals surface area contributed by atoms with E-state index in [0.29, 0.717) is 0 Å². The van der Waals surface area contributed by atoms with Gasteiger partial charge in [0.2, 0.25) is 0 Å². The second-order valence-corrected chi connectivity index (χ2v) is 14.4. The average molecular weight is 438 g/mol. The maximum atomic E-state index is 2.54. The molecule has 0 aliphatic heterocycles. The number of hydrogen-bond acceptors (Lipinski definition) is 0. The van der Waals surface area contributed by atoms with E-state index in [4.69, 9.17) is 0 Å². The van der Waals surface area contributed by atoms with Crippen molar-refractivity contribution in [1.82, 2.24) is 0 Å². The summed E-state index contributed by atoms with van der Waals surface area (Å²) in [5.41, 5.74) is 4.32. The van der Waals surface area contributed by atoms with E-state index in [1.54, 1.807) is 5.20 Å². The number of rotatable bonds is 3. The molecule has 5 heteroatoms. The Hall–Kier alpha value is 0.501. The van der Waals surface area contributed by atoms with E-state index in [0.717, 1.165) is 0 Å². The van der Waals surface area contributed by atoms with Crippen molar-refractivity contribution < 1.29 is 57.7 Å². The zero-order valence-electron chi connectivity index (χ0n) is 15.6. The molecule has 0 saturated heterocycles. The molecule has 0 N–H and O–H groups in total. The zero-order valence-corrected chi connectivity index (χ0v) is 20.4. The molecule has 1 aliphatic rings. The van der Waals surface area contributed by atoms with Crippen LogP contribution in [0.25, 0.3) is 0 Å². The molecule has 2 rings (SSSR count). The summed E-state index contributed by atoms with van der Waals surface area (Å²) in [4.78, 5) is 0. The molecule has 0 aromatic heterocycles. The van der Waals surface area contributed by atoms with Gasteiger partial charge in [-0.1, -0.05) is 0 Å². The van der Waals surface area contributed by atoms with Gasteiger partial charge in [-0.3, -0.25) is 0 Å². The number of hydrogen-bond donors (Lipinski definition) is 0. The first-order valence-corrected chi connectivity index (χ1v) is 12.0. The number of halogens is 3.